The number of nitrogens with one attached hydrogen (secondary N) is 1. The molecule has 1 aromatic carbocycles. The summed E-state index contributed by atoms with van der Waals surface area (Å²) in [7, 11) is 0. The molecular weight excluding hydrogens is 326 g/mol. The first kappa shape index (κ1) is 17.0. The normalized spacial score (nSPS) is 50.0. The zero-order chi connectivity index (χ0) is 17.9. The average molecular weight is 357 g/mol. The third-order valence-corrected chi connectivity index (χ3v) is 7.78. The van der Waals surface area contributed by atoms with Crippen molar-refractivity contribution in [2.24, 2.45) is 23.7 Å². The van der Waals surface area contributed by atoms with E-state index >= 15 is 0 Å². The van der Waals surface area contributed by atoms with Gasteiger partial charge in [0.25, 0.3) is 0 Å². The highest BCUT2D eigenvalue weighted by Gasteiger charge is 2.68. The summed E-state index contributed by atoms with van der Waals surface area (Å²) < 4.78 is 6.75. The van der Waals surface area contributed by atoms with Gasteiger partial charge in [0.05, 0.1) is 6.10 Å². The van der Waals surface area contributed by atoms with Crippen molar-refractivity contribution in [3.63, 3.8) is 0 Å². The van der Waals surface area contributed by atoms with Crippen molar-refractivity contribution >= 4 is 5.69 Å². The monoisotopic (exact) mass is 357 g/mol. The third-order valence-electron chi connectivity index (χ3n) is 7.78. The van der Waals surface area contributed by atoms with E-state index in [1.807, 2.05) is 0 Å². The van der Waals surface area contributed by atoms with E-state index in [1.54, 1.807) is 0 Å². The van der Waals surface area contributed by atoms with E-state index in [0.717, 1.165) is 18.5 Å². The van der Waals surface area contributed by atoms with Crippen LogP contribution in [-0.4, -0.2) is 23.5 Å². The maximum atomic E-state index is 6.75. The summed E-state index contributed by atoms with van der Waals surface area (Å²) in [4.78, 5) is 12.4. The van der Waals surface area contributed by atoms with Gasteiger partial charge in [-0.1, -0.05) is 32.0 Å². The van der Waals surface area contributed by atoms with Gasteiger partial charge in [0.2, 0.25) is 0 Å². The molecule has 3 heterocycles. The molecule has 0 radical (unpaired) electrons. The number of benzene rings is 1. The molecule has 1 spiro atoms. The second-order valence-corrected chi connectivity index (χ2v) is 9.40. The number of anilines is 1. The minimum absolute atomic E-state index is 0.0265. The van der Waals surface area contributed by atoms with Crippen LogP contribution >= 0.6 is 0 Å². The Kier molecular flexibility index (Phi) is 3.90. The lowest BCUT2D eigenvalue weighted by Crippen LogP contribution is -2.70. The van der Waals surface area contributed by atoms with E-state index in [2.05, 4.69) is 56.4 Å². The van der Waals surface area contributed by atoms with Crippen molar-refractivity contribution in [3.8, 4) is 0 Å². The van der Waals surface area contributed by atoms with Gasteiger partial charge >= 0.3 is 0 Å². The number of para-hydroxylation sites is 1. The summed E-state index contributed by atoms with van der Waals surface area (Å²) in [5.41, 5.74) is 0.653. The van der Waals surface area contributed by atoms with Crippen LogP contribution < -0.4 is 5.32 Å². The summed E-state index contributed by atoms with van der Waals surface area (Å²) in [5.74, 6) is 2.07. The van der Waals surface area contributed by atoms with Crippen LogP contribution in [0.15, 0.2) is 30.3 Å². The first-order chi connectivity index (χ1) is 12.5. The molecule has 1 aromatic rings. The van der Waals surface area contributed by atoms with Gasteiger partial charge < -0.3 is 10.1 Å². The quantitative estimate of drug-likeness (QED) is 0.774. The van der Waals surface area contributed by atoms with Crippen LogP contribution in [0.3, 0.4) is 0 Å². The van der Waals surface area contributed by atoms with E-state index in [1.165, 1.54) is 19.3 Å². The number of fused-ring (bicyclic) bond motifs is 2. The Bertz CT molecular complexity index is 667. The van der Waals surface area contributed by atoms with Gasteiger partial charge in [-0.15, -0.1) is 0 Å². The predicted octanol–water partition coefficient (Wildman–Crippen LogP) is 4.77. The van der Waals surface area contributed by atoms with Crippen molar-refractivity contribution in [2.75, 3.05) is 5.32 Å². The molecular formula is C22H31NO3. The van der Waals surface area contributed by atoms with Crippen molar-refractivity contribution < 1.29 is 14.5 Å². The number of hydrogen-bond acceptors (Lipinski definition) is 4. The molecule has 0 amide bonds. The molecule has 3 saturated heterocycles. The highest BCUT2D eigenvalue weighted by Crippen LogP contribution is 2.61. The van der Waals surface area contributed by atoms with Gasteiger partial charge in [0, 0.05) is 23.9 Å². The Balaban J connectivity index is 1.50. The van der Waals surface area contributed by atoms with Crippen molar-refractivity contribution in [1.29, 1.82) is 0 Å². The van der Waals surface area contributed by atoms with E-state index in [4.69, 9.17) is 14.5 Å². The van der Waals surface area contributed by atoms with Crippen LogP contribution in [0.5, 0.6) is 0 Å². The Morgan fingerprint density at radius 2 is 1.81 bits per heavy atom. The Labute approximate surface area is 156 Å². The molecule has 5 unspecified atom stereocenters. The van der Waals surface area contributed by atoms with Gasteiger partial charge in [0.15, 0.2) is 0 Å². The molecule has 4 nitrogen and oxygen atoms in total. The minimum atomic E-state index is -0.262. The zero-order valence-corrected chi connectivity index (χ0v) is 16.1. The largest absolute Gasteiger partial charge is 0.360 e. The van der Waals surface area contributed by atoms with E-state index in [9.17, 15) is 0 Å². The molecule has 6 rings (SSSR count). The lowest BCUT2D eigenvalue weighted by atomic mass is 9.56. The topological polar surface area (TPSA) is 39.7 Å². The highest BCUT2D eigenvalue weighted by atomic mass is 17.2. The van der Waals surface area contributed by atoms with Crippen LogP contribution in [0.25, 0.3) is 0 Å². The molecule has 5 fully saturated rings. The zero-order valence-electron chi connectivity index (χ0n) is 16.1. The average Bonchev–Trinajstić information content (AvgIpc) is 2.86. The van der Waals surface area contributed by atoms with Gasteiger partial charge in [-0.3, -0.25) is 0 Å². The molecule has 1 N–H and O–H groups in total. The third kappa shape index (κ3) is 2.38. The fraction of sp³-hybridized carbons (Fsp3) is 0.727. The molecule has 2 aliphatic carbocycles. The summed E-state index contributed by atoms with van der Waals surface area (Å²) in [6.07, 6.45) is 5.82. The highest BCUT2D eigenvalue weighted by molar-refractivity contribution is 5.43. The standard InChI is InChI=1S/C22H31NO3/c1-14-9-10-18-15(2)20(23-16-7-5-4-6-8-16)24-19-13-21(3)12-11-17(14)22(18,19)26-25-21/h4-8,14-15,17-20,23H,9-13H2,1-3H3/t14-,15?,17?,18?,19?,20?,21+,22-/m1/s1. The molecule has 142 valence electrons. The van der Waals surface area contributed by atoms with Gasteiger partial charge in [-0.2, -0.15) is 0 Å². The lowest BCUT2D eigenvalue weighted by molar-refractivity contribution is -0.486. The molecule has 2 saturated carbocycles. The van der Waals surface area contributed by atoms with Crippen LogP contribution in [0.4, 0.5) is 5.69 Å². The van der Waals surface area contributed by atoms with Crippen LogP contribution in [0.2, 0.25) is 0 Å². The van der Waals surface area contributed by atoms with Gasteiger partial charge in [-0.25, -0.2) is 9.78 Å². The summed E-state index contributed by atoms with van der Waals surface area (Å²) in [6.45, 7) is 6.92. The molecule has 2 bridgehead atoms. The smallest absolute Gasteiger partial charge is 0.136 e. The minimum Gasteiger partial charge on any atom is -0.360 e. The Hall–Kier alpha value is -1.10. The van der Waals surface area contributed by atoms with Crippen molar-refractivity contribution in [3.05, 3.63) is 30.3 Å². The maximum Gasteiger partial charge on any atom is 0.136 e. The number of rotatable bonds is 2. The van der Waals surface area contributed by atoms with Crippen molar-refractivity contribution in [2.45, 2.75) is 76.4 Å². The van der Waals surface area contributed by atoms with Crippen LogP contribution in [-0.2, 0) is 14.5 Å². The predicted molar refractivity (Wildman–Crippen MR) is 100 cm³/mol. The second kappa shape index (κ2) is 5.95. The molecule has 0 aromatic heterocycles. The van der Waals surface area contributed by atoms with Crippen LogP contribution in [0, 0.1) is 23.7 Å². The van der Waals surface area contributed by atoms with E-state index < -0.39 is 0 Å². The SMILES string of the molecule is CC1C(Nc2ccccc2)OC2C[C@]3(C)CCC4[C@H](C)CCC1[C@@]24OO3. The number of ether oxygens (including phenoxy) is 1. The fourth-order valence-corrected chi connectivity index (χ4v) is 6.32. The number of hydrogen-bond donors (Lipinski definition) is 1. The Morgan fingerprint density at radius 3 is 2.62 bits per heavy atom. The summed E-state index contributed by atoms with van der Waals surface area (Å²) in [5, 5.41) is 3.65. The van der Waals surface area contributed by atoms with E-state index in [0.29, 0.717) is 23.7 Å². The molecule has 5 aliphatic rings. The Morgan fingerprint density at radius 1 is 1.00 bits per heavy atom. The van der Waals surface area contributed by atoms with Gasteiger partial charge in [-0.05, 0) is 56.6 Å². The van der Waals surface area contributed by atoms with Gasteiger partial charge in [0.1, 0.15) is 17.4 Å². The molecule has 3 aliphatic heterocycles. The lowest BCUT2D eigenvalue weighted by Gasteiger charge is -2.61. The molecule has 26 heavy (non-hydrogen) atoms. The first-order valence-electron chi connectivity index (χ1n) is 10.4. The van der Waals surface area contributed by atoms with E-state index in [-0.39, 0.29) is 23.5 Å². The molecule has 4 heteroatoms. The fourth-order valence-electron chi connectivity index (χ4n) is 6.32. The molecule has 8 atom stereocenters. The van der Waals surface area contributed by atoms with Crippen molar-refractivity contribution in [1.82, 2.24) is 0 Å². The summed E-state index contributed by atoms with van der Waals surface area (Å²) >= 11 is 0. The second-order valence-electron chi connectivity index (χ2n) is 9.40. The summed E-state index contributed by atoms with van der Waals surface area (Å²) in [6, 6.07) is 10.4. The van der Waals surface area contributed by atoms with Crippen LogP contribution in [0.1, 0.15) is 52.9 Å². The maximum absolute atomic E-state index is 6.75. The first-order valence-corrected chi connectivity index (χ1v) is 10.4.